The minimum atomic E-state index is -4.88. The van der Waals surface area contributed by atoms with Crippen molar-refractivity contribution in [3.8, 4) is 11.8 Å². The Kier molecular flexibility index (Phi) is 6.13. The predicted octanol–water partition coefficient (Wildman–Crippen LogP) is 3.23. The molecule has 10 heteroatoms. The van der Waals surface area contributed by atoms with Crippen LogP contribution in [0.4, 0.5) is 14.5 Å². The lowest BCUT2D eigenvalue weighted by molar-refractivity contribution is -0.118. The molecule has 1 amide bonds. The number of alkyl halides is 2. The second-order valence-electron chi connectivity index (χ2n) is 4.90. The number of amides is 1. The largest absolute Gasteiger partial charge is 0.482 e. The van der Waals surface area contributed by atoms with E-state index in [1.165, 1.54) is 36.4 Å². The first kappa shape index (κ1) is 19.6. The van der Waals surface area contributed by atoms with Crippen molar-refractivity contribution in [3.05, 3.63) is 53.1 Å². The highest BCUT2D eigenvalue weighted by Gasteiger charge is 2.29. The number of nitrogens with zero attached hydrogens (tertiary/aromatic N) is 1. The van der Waals surface area contributed by atoms with Crippen LogP contribution in [-0.2, 0) is 14.6 Å². The van der Waals surface area contributed by atoms with Gasteiger partial charge in [-0.15, -0.1) is 0 Å². The molecular weight excluding hydrogens is 390 g/mol. The van der Waals surface area contributed by atoms with Crippen LogP contribution in [0, 0.1) is 11.3 Å². The van der Waals surface area contributed by atoms with Gasteiger partial charge < -0.3 is 10.1 Å². The van der Waals surface area contributed by atoms with E-state index in [0.717, 1.165) is 6.07 Å². The first-order valence-electron chi connectivity index (χ1n) is 6.99. The first-order valence-corrected chi connectivity index (χ1v) is 8.91. The molecule has 2 aromatic rings. The standard InChI is InChI=1S/C16H11ClF2N2O4S/c17-11-7-10(8-20)5-6-13(11)25-9-15(22)21-12-3-1-2-4-14(12)26(23,24)16(18)19/h1-7,16H,9H2,(H,21,22). The Morgan fingerprint density at radius 2 is 1.96 bits per heavy atom. The molecular formula is C16H11ClF2N2O4S. The molecule has 0 heterocycles. The van der Waals surface area contributed by atoms with E-state index in [9.17, 15) is 22.0 Å². The Morgan fingerprint density at radius 1 is 1.27 bits per heavy atom. The Balaban J connectivity index is 2.11. The Labute approximate surface area is 152 Å². The third-order valence-electron chi connectivity index (χ3n) is 3.12. The number of benzene rings is 2. The number of hydrogen-bond acceptors (Lipinski definition) is 5. The van der Waals surface area contributed by atoms with Gasteiger partial charge in [-0.25, -0.2) is 8.42 Å². The highest BCUT2D eigenvalue weighted by Crippen LogP contribution is 2.27. The highest BCUT2D eigenvalue weighted by molar-refractivity contribution is 7.91. The highest BCUT2D eigenvalue weighted by atomic mass is 35.5. The van der Waals surface area contributed by atoms with Crippen molar-refractivity contribution in [1.82, 2.24) is 0 Å². The number of carbonyl (C=O) groups excluding carboxylic acids is 1. The fourth-order valence-corrected chi connectivity index (χ4v) is 3.05. The van der Waals surface area contributed by atoms with Gasteiger partial charge in [-0.3, -0.25) is 4.79 Å². The number of ether oxygens (including phenoxy) is 1. The number of halogens is 3. The summed E-state index contributed by atoms with van der Waals surface area (Å²) in [5, 5.41) is 11.1. The van der Waals surface area contributed by atoms with Gasteiger partial charge in [0.15, 0.2) is 6.61 Å². The molecule has 0 atom stereocenters. The van der Waals surface area contributed by atoms with Gasteiger partial charge in [0.2, 0.25) is 9.84 Å². The quantitative estimate of drug-likeness (QED) is 0.803. The lowest BCUT2D eigenvalue weighted by Gasteiger charge is -2.12. The van der Waals surface area contributed by atoms with E-state index in [0.29, 0.717) is 5.56 Å². The maximum absolute atomic E-state index is 12.7. The van der Waals surface area contributed by atoms with Crippen LogP contribution in [0.15, 0.2) is 47.4 Å². The van der Waals surface area contributed by atoms with E-state index in [2.05, 4.69) is 5.32 Å². The van der Waals surface area contributed by atoms with E-state index in [4.69, 9.17) is 21.6 Å². The zero-order chi connectivity index (χ0) is 19.3. The van der Waals surface area contributed by atoms with Gasteiger partial charge in [-0.2, -0.15) is 14.0 Å². The SMILES string of the molecule is N#Cc1ccc(OCC(=O)Nc2ccccc2S(=O)(=O)C(F)F)c(Cl)c1. The number of anilines is 1. The van der Waals surface area contributed by atoms with Crippen LogP contribution in [0.2, 0.25) is 5.02 Å². The molecule has 0 aliphatic heterocycles. The minimum Gasteiger partial charge on any atom is -0.482 e. The topological polar surface area (TPSA) is 96.3 Å². The summed E-state index contributed by atoms with van der Waals surface area (Å²) in [5.74, 6) is -4.26. The zero-order valence-corrected chi connectivity index (χ0v) is 14.5. The molecule has 0 aliphatic carbocycles. The van der Waals surface area contributed by atoms with Crippen molar-refractivity contribution in [3.63, 3.8) is 0 Å². The van der Waals surface area contributed by atoms with Crippen molar-refractivity contribution in [2.24, 2.45) is 0 Å². The normalized spacial score (nSPS) is 11.0. The van der Waals surface area contributed by atoms with Gasteiger partial charge in [0.25, 0.3) is 5.91 Å². The number of rotatable bonds is 6. The maximum atomic E-state index is 12.7. The molecule has 0 saturated carbocycles. The predicted molar refractivity (Wildman–Crippen MR) is 89.9 cm³/mol. The molecule has 0 aromatic heterocycles. The minimum absolute atomic E-state index is 0.109. The Bertz CT molecular complexity index is 974. The number of nitriles is 1. The van der Waals surface area contributed by atoms with Crippen molar-refractivity contribution < 1.29 is 26.7 Å². The average Bonchev–Trinajstić information content (AvgIpc) is 2.60. The van der Waals surface area contributed by atoms with Crippen LogP contribution in [0.5, 0.6) is 5.75 Å². The molecule has 0 spiro atoms. The first-order chi connectivity index (χ1) is 12.3. The van der Waals surface area contributed by atoms with Crippen LogP contribution in [0.3, 0.4) is 0 Å². The second-order valence-corrected chi connectivity index (χ2v) is 7.19. The summed E-state index contributed by atoms with van der Waals surface area (Å²) in [6, 6.07) is 10.9. The molecule has 1 N–H and O–H groups in total. The molecule has 6 nitrogen and oxygen atoms in total. The molecule has 0 radical (unpaired) electrons. The van der Waals surface area contributed by atoms with E-state index < -0.39 is 33.0 Å². The molecule has 26 heavy (non-hydrogen) atoms. The fourth-order valence-electron chi connectivity index (χ4n) is 1.93. The zero-order valence-electron chi connectivity index (χ0n) is 12.9. The van der Waals surface area contributed by atoms with Crippen molar-refractivity contribution in [2.75, 3.05) is 11.9 Å². The molecule has 2 aromatic carbocycles. The number of nitrogens with one attached hydrogen (secondary N) is 1. The third-order valence-corrected chi connectivity index (χ3v) is 4.86. The van der Waals surface area contributed by atoms with E-state index in [-0.39, 0.29) is 16.5 Å². The fraction of sp³-hybridized carbons (Fsp3) is 0.125. The lowest BCUT2D eigenvalue weighted by Crippen LogP contribution is -2.22. The maximum Gasteiger partial charge on any atom is 0.341 e. The summed E-state index contributed by atoms with van der Waals surface area (Å²) in [4.78, 5) is 11.3. The molecule has 0 bridgehead atoms. The lowest BCUT2D eigenvalue weighted by atomic mass is 10.2. The molecule has 2 rings (SSSR count). The smallest absolute Gasteiger partial charge is 0.341 e. The summed E-state index contributed by atoms with van der Waals surface area (Å²) >= 11 is 5.90. The van der Waals surface area contributed by atoms with Gasteiger partial charge in [-0.05, 0) is 30.3 Å². The van der Waals surface area contributed by atoms with Crippen LogP contribution in [-0.4, -0.2) is 26.7 Å². The number of hydrogen-bond donors (Lipinski definition) is 1. The van der Waals surface area contributed by atoms with Crippen LogP contribution in [0.1, 0.15) is 5.56 Å². The van der Waals surface area contributed by atoms with E-state index in [1.54, 1.807) is 0 Å². The molecule has 0 fully saturated rings. The molecule has 0 unspecified atom stereocenters. The monoisotopic (exact) mass is 400 g/mol. The van der Waals surface area contributed by atoms with E-state index in [1.807, 2.05) is 6.07 Å². The summed E-state index contributed by atoms with van der Waals surface area (Å²) in [7, 11) is -4.88. The number of para-hydroxylation sites is 1. The summed E-state index contributed by atoms with van der Waals surface area (Å²) in [6.07, 6.45) is 0. The van der Waals surface area contributed by atoms with Crippen LogP contribution in [0.25, 0.3) is 0 Å². The number of carbonyl (C=O) groups is 1. The Morgan fingerprint density at radius 3 is 2.58 bits per heavy atom. The molecule has 0 aliphatic rings. The summed E-state index contributed by atoms with van der Waals surface area (Å²) in [6.45, 7) is -0.547. The summed E-state index contributed by atoms with van der Waals surface area (Å²) in [5.41, 5.74) is 0.0188. The average molecular weight is 401 g/mol. The summed E-state index contributed by atoms with van der Waals surface area (Å²) < 4.78 is 53.9. The Hall–Kier alpha value is -2.70. The van der Waals surface area contributed by atoms with Crippen molar-refractivity contribution in [2.45, 2.75) is 10.7 Å². The molecule has 136 valence electrons. The second kappa shape index (κ2) is 8.12. The van der Waals surface area contributed by atoms with Crippen molar-refractivity contribution in [1.29, 1.82) is 5.26 Å². The number of sulfone groups is 1. The van der Waals surface area contributed by atoms with Gasteiger partial charge in [0, 0.05) is 0 Å². The van der Waals surface area contributed by atoms with Gasteiger partial charge in [0.05, 0.1) is 27.2 Å². The van der Waals surface area contributed by atoms with Crippen molar-refractivity contribution >= 4 is 33.0 Å². The van der Waals surface area contributed by atoms with Crippen LogP contribution < -0.4 is 10.1 Å². The van der Waals surface area contributed by atoms with Gasteiger partial charge in [0.1, 0.15) is 5.75 Å². The van der Waals surface area contributed by atoms with Gasteiger partial charge >= 0.3 is 5.76 Å². The third kappa shape index (κ3) is 4.47. The molecule has 0 saturated heterocycles. The van der Waals surface area contributed by atoms with Crippen LogP contribution >= 0.6 is 11.6 Å². The van der Waals surface area contributed by atoms with E-state index >= 15 is 0 Å². The van der Waals surface area contributed by atoms with Gasteiger partial charge in [-0.1, -0.05) is 23.7 Å².